The molecule has 2 aliphatic rings. The van der Waals surface area contributed by atoms with Gasteiger partial charge in [0.05, 0.1) is 5.57 Å². The number of anilines is 2. The van der Waals surface area contributed by atoms with Gasteiger partial charge in [0.25, 0.3) is 5.91 Å². The lowest BCUT2D eigenvalue weighted by Crippen LogP contribution is -2.26. The molecule has 0 aliphatic carbocycles. The van der Waals surface area contributed by atoms with Crippen LogP contribution in [0.5, 0.6) is 5.75 Å². The number of para-hydroxylation sites is 1. The average Bonchev–Trinajstić information content (AvgIpc) is 3.23. The first-order valence-electron chi connectivity index (χ1n) is 9.16. The maximum absolute atomic E-state index is 13.1. The highest BCUT2D eigenvalue weighted by molar-refractivity contribution is 6.31. The van der Waals surface area contributed by atoms with E-state index in [0.717, 1.165) is 35.8 Å². The molecule has 1 amide bonds. The molecule has 140 valence electrons. The number of rotatable bonds is 6. The van der Waals surface area contributed by atoms with E-state index < -0.39 is 6.17 Å². The molecule has 2 N–H and O–H groups in total. The number of amides is 1. The molecule has 2 heterocycles. The normalized spacial score (nSPS) is 20.6. The molecule has 27 heavy (non-hydrogen) atoms. The number of nitrogens with zero attached hydrogens (tertiary/aromatic N) is 1. The van der Waals surface area contributed by atoms with Gasteiger partial charge in [-0.25, -0.2) is 4.39 Å². The number of benzene rings is 2. The van der Waals surface area contributed by atoms with Crippen molar-refractivity contribution in [2.75, 3.05) is 36.9 Å². The summed E-state index contributed by atoms with van der Waals surface area (Å²) in [5, 5.41) is 6.01. The predicted octanol–water partition coefficient (Wildman–Crippen LogP) is 3.51. The third-order valence-electron chi connectivity index (χ3n) is 4.84. The number of ether oxygens (including phenoxy) is 1. The van der Waals surface area contributed by atoms with E-state index in [9.17, 15) is 9.18 Å². The highest BCUT2D eigenvalue weighted by Gasteiger charge is 2.23. The van der Waals surface area contributed by atoms with E-state index >= 15 is 0 Å². The number of hydrogen-bond acceptors (Lipinski definition) is 4. The van der Waals surface area contributed by atoms with Crippen molar-refractivity contribution in [1.82, 2.24) is 4.90 Å². The summed E-state index contributed by atoms with van der Waals surface area (Å²) >= 11 is 0. The fourth-order valence-corrected chi connectivity index (χ4v) is 3.37. The molecule has 0 radical (unpaired) electrons. The van der Waals surface area contributed by atoms with E-state index in [1.54, 1.807) is 6.20 Å². The van der Waals surface area contributed by atoms with Crippen LogP contribution in [0.1, 0.15) is 12.0 Å². The number of halogens is 1. The monoisotopic (exact) mass is 367 g/mol. The van der Waals surface area contributed by atoms with E-state index in [2.05, 4.69) is 15.5 Å². The van der Waals surface area contributed by atoms with Crippen LogP contribution in [0.3, 0.4) is 0 Å². The summed E-state index contributed by atoms with van der Waals surface area (Å²) < 4.78 is 18.9. The molecular weight excluding hydrogens is 345 g/mol. The van der Waals surface area contributed by atoms with E-state index in [-0.39, 0.29) is 5.91 Å². The van der Waals surface area contributed by atoms with Gasteiger partial charge < -0.3 is 15.4 Å². The van der Waals surface area contributed by atoms with Crippen molar-refractivity contribution in [1.29, 1.82) is 0 Å². The second-order valence-corrected chi connectivity index (χ2v) is 6.76. The minimum atomic E-state index is -0.696. The summed E-state index contributed by atoms with van der Waals surface area (Å²) in [5.41, 5.74) is 3.21. The lowest BCUT2D eigenvalue weighted by Gasteiger charge is -2.15. The van der Waals surface area contributed by atoms with Gasteiger partial charge in [-0.05, 0) is 36.8 Å². The molecule has 5 nitrogen and oxygen atoms in total. The third kappa shape index (κ3) is 4.11. The summed E-state index contributed by atoms with van der Waals surface area (Å²) in [6, 6.07) is 15.2. The van der Waals surface area contributed by atoms with Crippen molar-refractivity contribution in [3.05, 3.63) is 60.3 Å². The largest absolute Gasteiger partial charge is 0.492 e. The number of alkyl halides is 1. The summed E-state index contributed by atoms with van der Waals surface area (Å²) in [6.07, 6.45) is 1.65. The lowest BCUT2D eigenvalue weighted by molar-refractivity contribution is -0.110. The molecular formula is C21H22FN3O2. The van der Waals surface area contributed by atoms with Gasteiger partial charge in [-0.3, -0.25) is 9.69 Å². The first-order valence-corrected chi connectivity index (χ1v) is 9.16. The Labute approximate surface area is 157 Å². The van der Waals surface area contributed by atoms with Crippen LogP contribution in [0.15, 0.2) is 54.7 Å². The Morgan fingerprint density at radius 2 is 2.04 bits per heavy atom. The second kappa shape index (κ2) is 7.80. The second-order valence-electron chi connectivity index (χ2n) is 6.76. The molecule has 1 fully saturated rings. The number of hydrogen-bond donors (Lipinski definition) is 2. The third-order valence-corrected chi connectivity index (χ3v) is 4.84. The highest BCUT2D eigenvalue weighted by Crippen LogP contribution is 2.31. The summed E-state index contributed by atoms with van der Waals surface area (Å²) in [4.78, 5) is 14.2. The maximum Gasteiger partial charge on any atom is 0.257 e. The number of likely N-dealkylation sites (tertiary alicyclic amines) is 1. The van der Waals surface area contributed by atoms with Crippen LogP contribution in [0, 0.1) is 0 Å². The smallest absolute Gasteiger partial charge is 0.257 e. The van der Waals surface area contributed by atoms with Crippen LogP contribution in [0.25, 0.3) is 5.57 Å². The Morgan fingerprint density at radius 1 is 1.22 bits per heavy atom. The fourth-order valence-electron chi connectivity index (χ4n) is 3.37. The van der Waals surface area contributed by atoms with Crippen molar-refractivity contribution < 1.29 is 13.9 Å². The molecule has 1 unspecified atom stereocenters. The van der Waals surface area contributed by atoms with Crippen molar-refractivity contribution in [2.24, 2.45) is 0 Å². The topological polar surface area (TPSA) is 53.6 Å². The van der Waals surface area contributed by atoms with Gasteiger partial charge in [-0.1, -0.05) is 18.2 Å². The lowest BCUT2D eigenvalue weighted by atomic mass is 10.1. The maximum atomic E-state index is 13.1. The number of fused-ring (bicyclic) bond motifs is 1. The Kier molecular flexibility index (Phi) is 5.07. The zero-order valence-electron chi connectivity index (χ0n) is 15.0. The first kappa shape index (κ1) is 17.5. The standard InChI is InChI=1S/C21H22FN3O2/c22-15-9-10-25(14-15)11-12-27-17-7-5-16(6-8-17)23-13-19-18-3-1-2-4-20(18)24-21(19)26/h1-8,13,15,23H,9-12,14H2,(H,24,26). The molecule has 2 aliphatic heterocycles. The highest BCUT2D eigenvalue weighted by atomic mass is 19.1. The Balaban J connectivity index is 1.31. The molecule has 2 aromatic rings. The average molecular weight is 367 g/mol. The van der Waals surface area contributed by atoms with Crippen LogP contribution < -0.4 is 15.4 Å². The molecule has 0 spiro atoms. The van der Waals surface area contributed by atoms with Gasteiger partial charge in [0.15, 0.2) is 0 Å². The molecule has 2 aromatic carbocycles. The van der Waals surface area contributed by atoms with Gasteiger partial charge in [0, 0.05) is 42.8 Å². The molecule has 0 saturated carbocycles. The van der Waals surface area contributed by atoms with Crippen LogP contribution in [0.4, 0.5) is 15.8 Å². The molecule has 0 aromatic heterocycles. The number of nitrogens with one attached hydrogen (secondary N) is 2. The van der Waals surface area contributed by atoms with Crippen LogP contribution in [-0.2, 0) is 4.79 Å². The molecule has 1 atom stereocenters. The van der Waals surface area contributed by atoms with Gasteiger partial charge >= 0.3 is 0 Å². The first-order chi connectivity index (χ1) is 13.2. The van der Waals surface area contributed by atoms with Gasteiger partial charge in [-0.15, -0.1) is 0 Å². The van der Waals surface area contributed by atoms with E-state index in [1.165, 1.54) is 0 Å². The van der Waals surface area contributed by atoms with Crippen LogP contribution in [0.2, 0.25) is 0 Å². The fraction of sp³-hybridized carbons (Fsp3) is 0.286. The van der Waals surface area contributed by atoms with E-state index in [4.69, 9.17) is 4.74 Å². The van der Waals surface area contributed by atoms with E-state index in [1.807, 2.05) is 48.5 Å². The van der Waals surface area contributed by atoms with Crippen LogP contribution >= 0.6 is 0 Å². The van der Waals surface area contributed by atoms with Crippen molar-refractivity contribution in [2.45, 2.75) is 12.6 Å². The van der Waals surface area contributed by atoms with E-state index in [0.29, 0.717) is 25.1 Å². The molecule has 4 rings (SSSR count). The quantitative estimate of drug-likeness (QED) is 0.767. The molecule has 0 bridgehead atoms. The van der Waals surface area contributed by atoms with Crippen molar-refractivity contribution in [3.8, 4) is 5.75 Å². The summed E-state index contributed by atoms with van der Waals surface area (Å²) in [7, 11) is 0. The Hall–Kier alpha value is -2.86. The zero-order valence-corrected chi connectivity index (χ0v) is 15.0. The summed E-state index contributed by atoms with van der Waals surface area (Å²) in [6.45, 7) is 2.60. The van der Waals surface area contributed by atoms with Crippen molar-refractivity contribution >= 4 is 22.9 Å². The summed E-state index contributed by atoms with van der Waals surface area (Å²) in [5.74, 6) is 0.661. The minimum absolute atomic E-state index is 0.110. The minimum Gasteiger partial charge on any atom is -0.492 e. The molecule has 1 saturated heterocycles. The number of carbonyl (C=O) groups is 1. The van der Waals surface area contributed by atoms with Crippen LogP contribution in [-0.4, -0.2) is 43.2 Å². The predicted molar refractivity (Wildman–Crippen MR) is 105 cm³/mol. The Morgan fingerprint density at radius 3 is 2.81 bits per heavy atom. The molecule has 6 heteroatoms. The van der Waals surface area contributed by atoms with Crippen molar-refractivity contribution in [3.63, 3.8) is 0 Å². The van der Waals surface area contributed by atoms with Gasteiger partial charge in [0.1, 0.15) is 18.5 Å². The van der Waals surface area contributed by atoms with Gasteiger partial charge in [0.2, 0.25) is 0 Å². The number of carbonyl (C=O) groups excluding carboxylic acids is 1. The zero-order chi connectivity index (χ0) is 18.6. The van der Waals surface area contributed by atoms with Gasteiger partial charge in [-0.2, -0.15) is 0 Å². The SMILES string of the molecule is O=C1Nc2ccccc2C1=CNc1ccc(OCCN2CCC(F)C2)cc1. The Bertz CT molecular complexity index is 851.